The highest BCUT2D eigenvalue weighted by molar-refractivity contribution is 7.91. The van der Waals surface area contributed by atoms with Gasteiger partial charge in [-0.05, 0) is 19.1 Å². The number of sulfone groups is 1. The molecule has 4 N–H and O–H groups in total. The van der Waals surface area contributed by atoms with Crippen molar-refractivity contribution < 1.29 is 17.9 Å². The number of rotatable bonds is 4. The van der Waals surface area contributed by atoms with E-state index in [0.717, 1.165) is 6.26 Å². The summed E-state index contributed by atoms with van der Waals surface area (Å²) >= 11 is 0. The van der Waals surface area contributed by atoms with Gasteiger partial charge in [0.15, 0.2) is 15.6 Å². The van der Waals surface area contributed by atoms with Crippen LogP contribution in [0.5, 0.6) is 11.5 Å². The largest absolute Gasteiger partial charge is 0.456 e. The molecule has 7 heteroatoms. The maximum absolute atomic E-state index is 12.0. The molecule has 0 saturated carbocycles. The van der Waals surface area contributed by atoms with Crippen LogP contribution in [0.1, 0.15) is 17.3 Å². The van der Waals surface area contributed by atoms with Gasteiger partial charge in [-0.15, -0.1) is 0 Å². The summed E-state index contributed by atoms with van der Waals surface area (Å²) in [5.74, 6) is 0.0154. The van der Waals surface area contributed by atoms with Crippen molar-refractivity contribution in [1.29, 1.82) is 0 Å². The third-order valence-electron chi connectivity index (χ3n) is 3.01. The summed E-state index contributed by atoms with van der Waals surface area (Å²) in [4.78, 5) is 11.4. The third-order valence-corrected chi connectivity index (χ3v) is 4.17. The Bertz CT molecular complexity index is 830. The first-order chi connectivity index (χ1) is 10.2. The van der Waals surface area contributed by atoms with E-state index in [-0.39, 0.29) is 27.6 Å². The molecule has 0 amide bonds. The van der Waals surface area contributed by atoms with Gasteiger partial charge in [0, 0.05) is 18.0 Å². The fraction of sp³-hybridized carbons (Fsp3) is 0.133. The highest BCUT2D eigenvalue weighted by Gasteiger charge is 2.25. The molecule has 0 aliphatic heterocycles. The lowest BCUT2D eigenvalue weighted by molar-refractivity contribution is 0.101. The van der Waals surface area contributed by atoms with Crippen LogP contribution in [0, 0.1) is 0 Å². The number of Topliss-reactive ketones (excluding diaryl/α,β-unsaturated/α-hetero) is 1. The number of ketones is 1. The average molecular weight is 320 g/mol. The minimum absolute atomic E-state index is 0.00583. The molecule has 0 aromatic heterocycles. The molecule has 2 aromatic rings. The molecule has 2 aromatic carbocycles. The molecule has 0 radical (unpaired) electrons. The van der Waals surface area contributed by atoms with Gasteiger partial charge in [-0.3, -0.25) is 4.79 Å². The highest BCUT2D eigenvalue weighted by Crippen LogP contribution is 2.38. The lowest BCUT2D eigenvalue weighted by Crippen LogP contribution is -2.12. The summed E-state index contributed by atoms with van der Waals surface area (Å²) in [5, 5.41) is 0. The van der Waals surface area contributed by atoms with Gasteiger partial charge in [-0.2, -0.15) is 0 Å². The number of ether oxygens (including phenoxy) is 1. The molecule has 116 valence electrons. The second-order valence-corrected chi connectivity index (χ2v) is 6.78. The van der Waals surface area contributed by atoms with Gasteiger partial charge in [0.2, 0.25) is 0 Å². The maximum atomic E-state index is 12.0. The van der Waals surface area contributed by atoms with Crippen molar-refractivity contribution in [2.24, 2.45) is 0 Å². The minimum atomic E-state index is -3.71. The van der Waals surface area contributed by atoms with Crippen molar-refractivity contribution in [2.75, 3.05) is 17.7 Å². The molecule has 0 saturated heterocycles. The zero-order valence-corrected chi connectivity index (χ0v) is 13.0. The monoisotopic (exact) mass is 320 g/mol. The van der Waals surface area contributed by atoms with Crippen LogP contribution in [0.3, 0.4) is 0 Å². The molecule has 0 bridgehead atoms. The van der Waals surface area contributed by atoms with Crippen molar-refractivity contribution in [1.82, 2.24) is 0 Å². The van der Waals surface area contributed by atoms with E-state index in [2.05, 4.69) is 0 Å². The Morgan fingerprint density at radius 3 is 2.23 bits per heavy atom. The van der Waals surface area contributed by atoms with E-state index >= 15 is 0 Å². The van der Waals surface area contributed by atoms with Gasteiger partial charge in [-0.25, -0.2) is 8.42 Å². The number of para-hydroxylation sites is 1. The SMILES string of the molecule is CC(=O)c1c(N)cc(Oc2ccccc2)c(S(C)(=O)=O)c1N. The molecule has 0 aliphatic rings. The summed E-state index contributed by atoms with van der Waals surface area (Å²) in [6.45, 7) is 1.27. The van der Waals surface area contributed by atoms with E-state index in [1.54, 1.807) is 30.3 Å². The molecular weight excluding hydrogens is 304 g/mol. The van der Waals surface area contributed by atoms with E-state index in [4.69, 9.17) is 16.2 Å². The number of hydrogen-bond acceptors (Lipinski definition) is 6. The fourth-order valence-electron chi connectivity index (χ4n) is 2.15. The van der Waals surface area contributed by atoms with Crippen molar-refractivity contribution >= 4 is 27.0 Å². The quantitative estimate of drug-likeness (QED) is 0.660. The number of anilines is 2. The van der Waals surface area contributed by atoms with E-state index in [1.165, 1.54) is 13.0 Å². The smallest absolute Gasteiger partial charge is 0.181 e. The van der Waals surface area contributed by atoms with Crippen molar-refractivity contribution in [3.63, 3.8) is 0 Å². The molecule has 0 atom stereocenters. The van der Waals surface area contributed by atoms with Crippen molar-refractivity contribution in [3.8, 4) is 11.5 Å². The first-order valence-electron chi connectivity index (χ1n) is 6.37. The summed E-state index contributed by atoms with van der Waals surface area (Å²) in [5.41, 5.74) is 11.5. The Morgan fingerprint density at radius 1 is 1.14 bits per heavy atom. The average Bonchev–Trinajstić information content (AvgIpc) is 2.37. The summed E-state index contributed by atoms with van der Waals surface area (Å²) in [6, 6.07) is 9.91. The first-order valence-corrected chi connectivity index (χ1v) is 8.26. The Kier molecular flexibility index (Phi) is 4.09. The van der Waals surface area contributed by atoms with Gasteiger partial charge >= 0.3 is 0 Å². The van der Waals surface area contributed by atoms with Crippen LogP contribution in [-0.4, -0.2) is 20.5 Å². The Labute approximate surface area is 128 Å². The number of benzene rings is 2. The number of carbonyl (C=O) groups is 1. The lowest BCUT2D eigenvalue weighted by Gasteiger charge is -2.16. The van der Waals surface area contributed by atoms with Crippen molar-refractivity contribution in [2.45, 2.75) is 11.8 Å². The topological polar surface area (TPSA) is 112 Å². The molecule has 0 spiro atoms. The standard InChI is InChI=1S/C15H16N2O4S/c1-9(18)13-11(16)8-12(15(14(13)17)22(2,19)20)21-10-6-4-3-5-7-10/h3-8H,16-17H2,1-2H3. The predicted octanol–water partition coefficient (Wildman–Crippen LogP) is 2.25. The maximum Gasteiger partial charge on any atom is 0.181 e. The second kappa shape index (κ2) is 5.69. The second-order valence-electron chi connectivity index (χ2n) is 4.83. The first kappa shape index (κ1) is 15.8. The minimum Gasteiger partial charge on any atom is -0.456 e. The number of carbonyl (C=O) groups excluding carboxylic acids is 1. The molecule has 0 heterocycles. The van der Waals surface area contributed by atoms with Crippen LogP contribution in [0.4, 0.5) is 11.4 Å². The van der Waals surface area contributed by atoms with Crippen LogP contribution in [-0.2, 0) is 9.84 Å². The van der Waals surface area contributed by atoms with E-state index in [0.29, 0.717) is 5.75 Å². The van der Waals surface area contributed by atoms with Crippen LogP contribution in [0.15, 0.2) is 41.3 Å². The Morgan fingerprint density at radius 2 is 1.73 bits per heavy atom. The normalized spacial score (nSPS) is 11.2. The summed E-state index contributed by atoms with van der Waals surface area (Å²) < 4.78 is 29.7. The zero-order valence-electron chi connectivity index (χ0n) is 12.2. The van der Waals surface area contributed by atoms with E-state index < -0.39 is 15.6 Å². The number of hydrogen-bond donors (Lipinski definition) is 2. The number of nitrogens with two attached hydrogens (primary N) is 2. The van der Waals surface area contributed by atoms with Crippen LogP contribution in [0.25, 0.3) is 0 Å². The van der Waals surface area contributed by atoms with E-state index in [1.807, 2.05) is 0 Å². The van der Waals surface area contributed by atoms with Crippen molar-refractivity contribution in [3.05, 3.63) is 42.0 Å². The predicted molar refractivity (Wildman–Crippen MR) is 84.9 cm³/mol. The van der Waals surface area contributed by atoms with Gasteiger partial charge in [0.05, 0.1) is 11.3 Å². The molecule has 22 heavy (non-hydrogen) atoms. The van der Waals surface area contributed by atoms with Gasteiger partial charge < -0.3 is 16.2 Å². The Hall–Kier alpha value is -2.54. The van der Waals surface area contributed by atoms with E-state index in [9.17, 15) is 13.2 Å². The number of nitrogen functional groups attached to an aromatic ring is 2. The third kappa shape index (κ3) is 3.04. The highest BCUT2D eigenvalue weighted by atomic mass is 32.2. The van der Waals surface area contributed by atoms with Gasteiger partial charge in [0.1, 0.15) is 16.4 Å². The molecule has 0 aliphatic carbocycles. The summed E-state index contributed by atoms with van der Waals surface area (Å²) in [7, 11) is -3.71. The lowest BCUT2D eigenvalue weighted by atomic mass is 10.1. The fourth-order valence-corrected chi connectivity index (χ4v) is 3.11. The molecule has 0 unspecified atom stereocenters. The zero-order chi connectivity index (χ0) is 16.5. The molecule has 2 rings (SSSR count). The molecule has 0 fully saturated rings. The van der Waals surface area contributed by atoms with Crippen LogP contribution < -0.4 is 16.2 Å². The Balaban J connectivity index is 2.71. The molecular formula is C15H16N2O4S. The van der Waals surface area contributed by atoms with Gasteiger partial charge in [0.25, 0.3) is 0 Å². The molecule has 6 nitrogen and oxygen atoms in total. The van der Waals surface area contributed by atoms with Crippen LogP contribution in [0.2, 0.25) is 0 Å². The summed E-state index contributed by atoms with van der Waals surface area (Å²) in [6.07, 6.45) is 0.997. The van der Waals surface area contributed by atoms with Crippen LogP contribution >= 0.6 is 0 Å². The van der Waals surface area contributed by atoms with Gasteiger partial charge in [-0.1, -0.05) is 18.2 Å².